The van der Waals surface area contributed by atoms with Crippen molar-refractivity contribution >= 4 is 17.8 Å². The summed E-state index contributed by atoms with van der Waals surface area (Å²) in [6.07, 6.45) is 4.71. The van der Waals surface area contributed by atoms with Crippen LogP contribution in [0.5, 0.6) is 0 Å². The van der Waals surface area contributed by atoms with E-state index in [1.807, 2.05) is 4.90 Å². The molecule has 0 unspecified atom stereocenters. The van der Waals surface area contributed by atoms with Crippen molar-refractivity contribution in [3.05, 3.63) is 18.6 Å². The molecule has 0 bridgehead atoms. The average molecular weight is 323 g/mol. The van der Waals surface area contributed by atoms with Crippen molar-refractivity contribution in [2.75, 3.05) is 51.3 Å². The number of anilines is 1. The first-order valence-electron chi connectivity index (χ1n) is 7.37. The number of carbonyl (C=O) groups is 2. The number of urea groups is 1. The van der Waals surface area contributed by atoms with E-state index in [0.29, 0.717) is 32.1 Å². The van der Waals surface area contributed by atoms with Crippen molar-refractivity contribution in [1.29, 1.82) is 0 Å². The van der Waals surface area contributed by atoms with Crippen LogP contribution in [-0.4, -0.2) is 78.4 Å². The predicted octanol–water partition coefficient (Wildman–Crippen LogP) is -0.345. The van der Waals surface area contributed by atoms with E-state index in [4.69, 9.17) is 4.74 Å². The highest BCUT2D eigenvalue weighted by atomic mass is 16.5. The minimum Gasteiger partial charge on any atom is -0.481 e. The van der Waals surface area contributed by atoms with Gasteiger partial charge >= 0.3 is 12.0 Å². The van der Waals surface area contributed by atoms with Crippen LogP contribution in [0.25, 0.3) is 0 Å². The van der Waals surface area contributed by atoms with E-state index < -0.39 is 11.9 Å². The number of carboxylic acid groups (broad SMARTS) is 1. The van der Waals surface area contributed by atoms with Gasteiger partial charge in [-0.25, -0.2) is 9.78 Å². The molecule has 23 heavy (non-hydrogen) atoms. The number of rotatable bonds is 5. The monoisotopic (exact) mass is 323 g/mol. The zero-order chi connectivity index (χ0) is 16.7. The zero-order valence-electron chi connectivity index (χ0n) is 13.0. The highest BCUT2D eigenvalue weighted by molar-refractivity contribution is 5.76. The largest absolute Gasteiger partial charge is 0.481 e. The summed E-state index contributed by atoms with van der Waals surface area (Å²) in [5.41, 5.74) is 0. The maximum absolute atomic E-state index is 12.2. The Morgan fingerprint density at radius 2 is 2.22 bits per heavy atom. The molecule has 9 heteroatoms. The van der Waals surface area contributed by atoms with E-state index in [9.17, 15) is 14.7 Å². The SMILES string of the molecule is COCCNC(=O)N1CCN(c2cnccn2)C[C@H](C(=O)O)C1. The Bertz CT molecular complexity index is 527. The number of nitrogens with zero attached hydrogens (tertiary/aromatic N) is 4. The minimum atomic E-state index is -0.935. The molecular weight excluding hydrogens is 302 g/mol. The summed E-state index contributed by atoms with van der Waals surface area (Å²) in [6.45, 7) is 2.16. The molecule has 0 aliphatic carbocycles. The third-order valence-electron chi connectivity index (χ3n) is 3.61. The smallest absolute Gasteiger partial charge is 0.317 e. The first kappa shape index (κ1) is 16.9. The van der Waals surface area contributed by atoms with Crippen LogP contribution in [-0.2, 0) is 9.53 Å². The van der Waals surface area contributed by atoms with E-state index in [-0.39, 0.29) is 19.1 Å². The van der Waals surface area contributed by atoms with Gasteiger partial charge in [-0.15, -0.1) is 0 Å². The lowest BCUT2D eigenvalue weighted by Gasteiger charge is -2.22. The molecule has 0 spiro atoms. The van der Waals surface area contributed by atoms with E-state index >= 15 is 0 Å². The number of carboxylic acids is 1. The number of hydrogen-bond donors (Lipinski definition) is 2. The van der Waals surface area contributed by atoms with Crippen LogP contribution in [0.2, 0.25) is 0 Å². The molecule has 1 atom stereocenters. The van der Waals surface area contributed by atoms with Crippen LogP contribution in [0.15, 0.2) is 18.6 Å². The van der Waals surface area contributed by atoms with Crippen LogP contribution >= 0.6 is 0 Å². The Hall–Kier alpha value is -2.42. The molecule has 1 aromatic rings. The van der Waals surface area contributed by atoms with Gasteiger partial charge in [0.05, 0.1) is 18.7 Å². The maximum Gasteiger partial charge on any atom is 0.317 e. The number of aliphatic carboxylic acids is 1. The fourth-order valence-electron chi connectivity index (χ4n) is 2.39. The van der Waals surface area contributed by atoms with Crippen LogP contribution in [0.1, 0.15) is 0 Å². The van der Waals surface area contributed by atoms with Crippen molar-refractivity contribution < 1.29 is 19.4 Å². The molecular formula is C14H21N5O4. The van der Waals surface area contributed by atoms with Crippen molar-refractivity contribution in [1.82, 2.24) is 20.2 Å². The summed E-state index contributed by atoms with van der Waals surface area (Å²) in [5, 5.41) is 12.1. The van der Waals surface area contributed by atoms with Gasteiger partial charge in [0.1, 0.15) is 5.82 Å². The Morgan fingerprint density at radius 3 is 2.87 bits per heavy atom. The molecule has 2 N–H and O–H groups in total. The van der Waals surface area contributed by atoms with Gasteiger partial charge in [0.15, 0.2) is 0 Å². The van der Waals surface area contributed by atoms with Crippen molar-refractivity contribution in [3.63, 3.8) is 0 Å². The van der Waals surface area contributed by atoms with Crippen LogP contribution in [0.4, 0.5) is 10.6 Å². The van der Waals surface area contributed by atoms with Crippen molar-refractivity contribution in [3.8, 4) is 0 Å². The third-order valence-corrected chi connectivity index (χ3v) is 3.61. The fourth-order valence-corrected chi connectivity index (χ4v) is 2.39. The fraction of sp³-hybridized carbons (Fsp3) is 0.571. The average Bonchev–Trinajstić information content (AvgIpc) is 2.79. The molecule has 0 saturated carbocycles. The third kappa shape index (κ3) is 4.78. The number of ether oxygens (including phenoxy) is 1. The van der Waals surface area contributed by atoms with Gasteiger partial charge in [0.2, 0.25) is 0 Å². The quantitative estimate of drug-likeness (QED) is 0.713. The molecule has 0 aromatic carbocycles. The number of carbonyl (C=O) groups excluding carboxylic acids is 1. The summed E-state index contributed by atoms with van der Waals surface area (Å²) in [4.78, 5) is 35.2. The van der Waals surface area contributed by atoms with Gasteiger partial charge in [-0.05, 0) is 0 Å². The number of nitrogens with one attached hydrogen (secondary N) is 1. The molecule has 1 aliphatic rings. The lowest BCUT2D eigenvalue weighted by atomic mass is 10.1. The molecule has 1 aliphatic heterocycles. The second-order valence-electron chi connectivity index (χ2n) is 5.22. The van der Waals surface area contributed by atoms with E-state index in [0.717, 1.165) is 0 Å². The Labute approximate surface area is 134 Å². The van der Waals surface area contributed by atoms with Crippen LogP contribution < -0.4 is 10.2 Å². The molecule has 1 aromatic heterocycles. The van der Waals surface area contributed by atoms with Gasteiger partial charge in [-0.2, -0.15) is 0 Å². The number of aromatic nitrogens is 2. The Morgan fingerprint density at radius 1 is 1.39 bits per heavy atom. The Kier molecular flexibility index (Phi) is 6.10. The van der Waals surface area contributed by atoms with E-state index in [2.05, 4.69) is 15.3 Å². The molecule has 0 radical (unpaired) electrons. The maximum atomic E-state index is 12.2. The summed E-state index contributed by atoms with van der Waals surface area (Å²) in [5.74, 6) is -1.01. The van der Waals surface area contributed by atoms with Crippen LogP contribution in [0.3, 0.4) is 0 Å². The molecule has 2 rings (SSSR count). The van der Waals surface area contributed by atoms with Crippen LogP contribution in [0, 0.1) is 5.92 Å². The molecule has 9 nitrogen and oxygen atoms in total. The molecule has 1 saturated heterocycles. The van der Waals surface area contributed by atoms with E-state index in [1.165, 1.54) is 4.90 Å². The number of hydrogen-bond acceptors (Lipinski definition) is 6. The summed E-state index contributed by atoms with van der Waals surface area (Å²) in [7, 11) is 1.55. The van der Waals surface area contributed by atoms with Crippen molar-refractivity contribution in [2.24, 2.45) is 5.92 Å². The molecule has 2 heterocycles. The summed E-state index contributed by atoms with van der Waals surface area (Å²) >= 11 is 0. The Balaban J connectivity index is 2.05. The second kappa shape index (κ2) is 8.28. The highest BCUT2D eigenvalue weighted by Gasteiger charge is 2.30. The molecule has 126 valence electrons. The predicted molar refractivity (Wildman–Crippen MR) is 82.2 cm³/mol. The zero-order valence-corrected chi connectivity index (χ0v) is 13.0. The molecule has 1 fully saturated rings. The minimum absolute atomic E-state index is 0.158. The van der Waals surface area contributed by atoms with Gasteiger partial charge in [-0.3, -0.25) is 9.78 Å². The van der Waals surface area contributed by atoms with Crippen molar-refractivity contribution in [2.45, 2.75) is 0 Å². The first-order valence-corrected chi connectivity index (χ1v) is 7.37. The first-order chi connectivity index (χ1) is 11.1. The summed E-state index contributed by atoms with van der Waals surface area (Å²) < 4.78 is 4.89. The molecule has 2 amide bonds. The lowest BCUT2D eigenvalue weighted by Crippen LogP contribution is -2.44. The van der Waals surface area contributed by atoms with E-state index in [1.54, 1.807) is 25.7 Å². The van der Waals surface area contributed by atoms with Gasteiger partial charge in [0.25, 0.3) is 0 Å². The topological polar surface area (TPSA) is 108 Å². The highest BCUT2D eigenvalue weighted by Crippen LogP contribution is 2.16. The standard InChI is InChI=1S/C14H21N5O4/c1-23-7-4-17-14(22)19-6-5-18(9-11(10-19)13(20)21)12-8-15-2-3-16-12/h2-3,8,11H,4-7,9-10H2,1H3,(H,17,22)(H,20,21)/t11-/m0/s1. The lowest BCUT2D eigenvalue weighted by molar-refractivity contribution is -0.141. The van der Waals surface area contributed by atoms with Gasteiger partial charge < -0.3 is 25.0 Å². The normalized spacial score (nSPS) is 18.4. The van der Waals surface area contributed by atoms with Gasteiger partial charge in [-0.1, -0.05) is 0 Å². The summed E-state index contributed by atoms with van der Waals surface area (Å²) in [6, 6.07) is -0.283. The van der Waals surface area contributed by atoms with Gasteiger partial charge in [0, 0.05) is 52.2 Å². The number of amides is 2. The second-order valence-corrected chi connectivity index (χ2v) is 5.22. The number of methoxy groups -OCH3 is 1.